The molecule has 0 aromatic carbocycles. The summed E-state index contributed by atoms with van der Waals surface area (Å²) in [5.74, 6) is 0.914. The number of aromatic nitrogens is 3. The minimum atomic E-state index is -3.22. The van der Waals surface area contributed by atoms with E-state index in [9.17, 15) is 8.42 Å². The van der Waals surface area contributed by atoms with Crippen molar-refractivity contribution < 1.29 is 22.2 Å². The smallest absolute Gasteiger partial charge is 0.241 e. The molecule has 0 amide bonds. The summed E-state index contributed by atoms with van der Waals surface area (Å²) in [6, 6.07) is 1.78. The first-order valence-electron chi connectivity index (χ1n) is 9.23. The van der Waals surface area contributed by atoms with Crippen molar-refractivity contribution in [3.05, 3.63) is 17.7 Å². The SMILES string of the molecule is CC(CS(=O)(=O)CC1CCOCC1)c1nc(-c2cc(C(C)(C)C)no2)no1. The number of nitrogens with zero attached hydrogens (tertiary/aromatic N) is 3. The predicted molar refractivity (Wildman–Crippen MR) is 99.1 cm³/mol. The Morgan fingerprint density at radius 3 is 2.52 bits per heavy atom. The summed E-state index contributed by atoms with van der Waals surface area (Å²) in [5, 5.41) is 7.96. The normalized spacial score (nSPS) is 17.9. The maximum Gasteiger partial charge on any atom is 0.241 e. The maximum absolute atomic E-state index is 12.5. The van der Waals surface area contributed by atoms with E-state index in [4.69, 9.17) is 13.8 Å². The standard InChI is InChI=1S/C18H27N3O5S/c1-12(10-27(22,23)11-13-5-7-24-8-6-13)17-19-16(21-26-17)14-9-15(20-25-14)18(2,3)4/h9,12-13H,5-8,10-11H2,1-4H3. The second-order valence-electron chi connectivity index (χ2n) is 8.32. The van der Waals surface area contributed by atoms with Crippen molar-refractivity contribution in [1.82, 2.24) is 15.3 Å². The quantitative estimate of drug-likeness (QED) is 0.732. The van der Waals surface area contributed by atoms with Gasteiger partial charge in [0.05, 0.1) is 17.2 Å². The third-order valence-corrected chi connectivity index (χ3v) is 6.68. The fourth-order valence-electron chi connectivity index (χ4n) is 3.06. The topological polar surface area (TPSA) is 108 Å². The Labute approximate surface area is 159 Å². The molecule has 1 atom stereocenters. The molecule has 0 N–H and O–H groups in total. The lowest BCUT2D eigenvalue weighted by molar-refractivity contribution is 0.0723. The van der Waals surface area contributed by atoms with Crippen molar-refractivity contribution in [1.29, 1.82) is 0 Å². The molecule has 2 aromatic rings. The third kappa shape index (κ3) is 5.16. The Morgan fingerprint density at radius 1 is 1.19 bits per heavy atom. The molecule has 2 aromatic heterocycles. The van der Waals surface area contributed by atoms with Gasteiger partial charge in [0.1, 0.15) is 0 Å². The van der Waals surface area contributed by atoms with Crippen LogP contribution >= 0.6 is 0 Å². The summed E-state index contributed by atoms with van der Waals surface area (Å²) in [4.78, 5) is 4.31. The molecular weight excluding hydrogens is 370 g/mol. The van der Waals surface area contributed by atoms with Crippen molar-refractivity contribution in [3.8, 4) is 11.6 Å². The van der Waals surface area contributed by atoms with Crippen molar-refractivity contribution in [3.63, 3.8) is 0 Å². The zero-order valence-electron chi connectivity index (χ0n) is 16.3. The van der Waals surface area contributed by atoms with Gasteiger partial charge in [0.2, 0.25) is 17.5 Å². The van der Waals surface area contributed by atoms with Gasteiger partial charge in [-0.05, 0) is 18.8 Å². The van der Waals surface area contributed by atoms with Crippen molar-refractivity contribution in [2.24, 2.45) is 5.92 Å². The molecule has 9 heteroatoms. The van der Waals surface area contributed by atoms with Crippen LogP contribution < -0.4 is 0 Å². The monoisotopic (exact) mass is 397 g/mol. The van der Waals surface area contributed by atoms with E-state index in [-0.39, 0.29) is 40.5 Å². The Hall–Kier alpha value is -1.74. The van der Waals surface area contributed by atoms with Gasteiger partial charge in [0.15, 0.2) is 9.84 Å². The average Bonchev–Trinajstić information content (AvgIpc) is 3.24. The van der Waals surface area contributed by atoms with Crippen LogP contribution in [0.15, 0.2) is 15.1 Å². The molecule has 1 unspecified atom stereocenters. The summed E-state index contributed by atoms with van der Waals surface area (Å²) in [6.07, 6.45) is 1.58. The van der Waals surface area contributed by atoms with Gasteiger partial charge in [-0.1, -0.05) is 38.0 Å². The Kier molecular flexibility index (Phi) is 5.71. The average molecular weight is 397 g/mol. The summed E-state index contributed by atoms with van der Waals surface area (Å²) in [5.41, 5.74) is 0.635. The molecule has 1 fully saturated rings. The first-order valence-corrected chi connectivity index (χ1v) is 11.1. The van der Waals surface area contributed by atoms with Gasteiger partial charge in [-0.25, -0.2) is 8.42 Å². The largest absolute Gasteiger partial charge is 0.381 e. The number of hydrogen-bond acceptors (Lipinski definition) is 8. The Morgan fingerprint density at radius 2 is 1.89 bits per heavy atom. The molecule has 1 aliphatic rings. The molecule has 1 aliphatic heterocycles. The van der Waals surface area contributed by atoms with E-state index in [1.54, 1.807) is 13.0 Å². The minimum Gasteiger partial charge on any atom is -0.381 e. The zero-order valence-corrected chi connectivity index (χ0v) is 17.1. The van der Waals surface area contributed by atoms with Crippen LogP contribution in [0.2, 0.25) is 0 Å². The number of rotatable bonds is 6. The molecule has 0 aliphatic carbocycles. The molecule has 0 saturated carbocycles. The molecule has 3 rings (SSSR count). The van der Waals surface area contributed by atoms with Crippen LogP contribution in [-0.2, 0) is 20.0 Å². The van der Waals surface area contributed by atoms with Gasteiger partial charge in [-0.3, -0.25) is 0 Å². The summed E-state index contributed by atoms with van der Waals surface area (Å²) in [7, 11) is -3.22. The first kappa shape index (κ1) is 20.0. The van der Waals surface area contributed by atoms with Crippen LogP contribution in [0.5, 0.6) is 0 Å². The van der Waals surface area contributed by atoms with Crippen LogP contribution in [0, 0.1) is 5.92 Å². The van der Waals surface area contributed by atoms with Crippen molar-refractivity contribution >= 4 is 9.84 Å². The highest BCUT2D eigenvalue weighted by atomic mass is 32.2. The highest BCUT2D eigenvalue weighted by Gasteiger charge is 2.27. The van der Waals surface area contributed by atoms with Crippen LogP contribution in [-0.4, -0.2) is 48.4 Å². The molecule has 1 saturated heterocycles. The van der Waals surface area contributed by atoms with Crippen LogP contribution in [0.25, 0.3) is 11.6 Å². The van der Waals surface area contributed by atoms with Gasteiger partial charge < -0.3 is 13.8 Å². The third-order valence-electron chi connectivity index (χ3n) is 4.70. The van der Waals surface area contributed by atoms with Gasteiger partial charge >= 0.3 is 0 Å². The molecule has 0 spiro atoms. The summed E-state index contributed by atoms with van der Waals surface area (Å²) in [6.45, 7) is 9.14. The first-order chi connectivity index (χ1) is 12.6. The fourth-order valence-corrected chi connectivity index (χ4v) is 5.15. The van der Waals surface area contributed by atoms with E-state index in [0.29, 0.717) is 19.0 Å². The molecule has 150 valence electrons. The number of sulfone groups is 1. The van der Waals surface area contributed by atoms with E-state index in [2.05, 4.69) is 15.3 Å². The fraction of sp³-hybridized carbons (Fsp3) is 0.722. The van der Waals surface area contributed by atoms with E-state index >= 15 is 0 Å². The number of hydrogen-bond donors (Lipinski definition) is 0. The van der Waals surface area contributed by atoms with E-state index in [0.717, 1.165) is 18.5 Å². The lowest BCUT2D eigenvalue weighted by atomic mass is 9.92. The number of ether oxygens (including phenoxy) is 1. The van der Waals surface area contributed by atoms with Crippen molar-refractivity contribution in [2.45, 2.75) is 51.9 Å². The van der Waals surface area contributed by atoms with E-state index in [1.807, 2.05) is 20.8 Å². The van der Waals surface area contributed by atoms with E-state index < -0.39 is 9.84 Å². The molecule has 27 heavy (non-hydrogen) atoms. The van der Waals surface area contributed by atoms with Crippen molar-refractivity contribution in [2.75, 3.05) is 24.7 Å². The van der Waals surface area contributed by atoms with Crippen LogP contribution in [0.3, 0.4) is 0 Å². The maximum atomic E-state index is 12.5. The predicted octanol–water partition coefficient (Wildman–Crippen LogP) is 2.97. The zero-order chi connectivity index (χ0) is 19.7. The molecule has 0 bridgehead atoms. The highest BCUT2D eigenvalue weighted by molar-refractivity contribution is 7.91. The summed E-state index contributed by atoms with van der Waals surface area (Å²) >= 11 is 0. The Balaban J connectivity index is 1.65. The van der Waals surface area contributed by atoms with Crippen LogP contribution in [0.1, 0.15) is 58.0 Å². The second-order valence-corrected chi connectivity index (χ2v) is 10.5. The Bertz CT molecular complexity index is 860. The van der Waals surface area contributed by atoms with Gasteiger partial charge in [-0.2, -0.15) is 4.98 Å². The minimum absolute atomic E-state index is 0.0182. The second kappa shape index (κ2) is 7.71. The van der Waals surface area contributed by atoms with Crippen LogP contribution in [0.4, 0.5) is 0 Å². The highest BCUT2D eigenvalue weighted by Crippen LogP contribution is 2.27. The van der Waals surface area contributed by atoms with E-state index in [1.165, 1.54) is 0 Å². The van der Waals surface area contributed by atoms with Gasteiger partial charge in [0, 0.05) is 30.6 Å². The van der Waals surface area contributed by atoms with Gasteiger partial charge in [0.25, 0.3) is 0 Å². The lowest BCUT2D eigenvalue weighted by Crippen LogP contribution is -2.26. The molecule has 0 radical (unpaired) electrons. The summed E-state index contributed by atoms with van der Waals surface area (Å²) < 4.78 is 40.9. The molecule has 8 nitrogen and oxygen atoms in total. The van der Waals surface area contributed by atoms with Gasteiger partial charge in [-0.15, -0.1) is 0 Å². The molecular formula is C18H27N3O5S. The lowest BCUT2D eigenvalue weighted by Gasteiger charge is -2.22. The molecule has 3 heterocycles.